The number of nitrogens with zero attached hydrogens (tertiary/aromatic N) is 2. The first kappa shape index (κ1) is 19.3. The maximum absolute atomic E-state index is 12.6. The van der Waals surface area contributed by atoms with Gasteiger partial charge in [-0.25, -0.2) is 13.4 Å². The van der Waals surface area contributed by atoms with E-state index in [4.69, 9.17) is 16.3 Å². The number of sulfonamides is 1. The van der Waals surface area contributed by atoms with Gasteiger partial charge in [-0.3, -0.25) is 4.72 Å². The van der Waals surface area contributed by atoms with Crippen molar-refractivity contribution in [3.8, 4) is 5.75 Å². The van der Waals surface area contributed by atoms with Gasteiger partial charge in [0.2, 0.25) is 0 Å². The molecule has 0 aliphatic heterocycles. The number of methoxy groups -OCH3 is 1. The molecule has 2 rings (SSSR count). The van der Waals surface area contributed by atoms with Crippen molar-refractivity contribution in [3.05, 3.63) is 41.6 Å². The summed E-state index contributed by atoms with van der Waals surface area (Å²) in [5.41, 5.74) is 0.370. The highest BCUT2D eigenvalue weighted by molar-refractivity contribution is 7.92. The van der Waals surface area contributed by atoms with Crippen LogP contribution in [0.15, 0.2) is 41.4 Å². The molecule has 1 aromatic carbocycles. The monoisotopic (exact) mass is 383 g/mol. The van der Waals surface area contributed by atoms with E-state index in [0.29, 0.717) is 10.7 Å². The second-order valence-corrected chi connectivity index (χ2v) is 7.67. The standard InChI is InChI=1S/C17H22ClN3O3S/c1-4-5-10-21(2)17-9-7-14(12-19-17)20-25(22,23)16-11-13(18)6-8-15(16)24-3/h6-9,11-12,20H,4-5,10H2,1-3H3. The zero-order valence-corrected chi connectivity index (χ0v) is 16.1. The molecule has 0 aliphatic carbocycles. The number of hydrogen-bond donors (Lipinski definition) is 1. The molecule has 8 heteroatoms. The first-order chi connectivity index (χ1) is 11.9. The van der Waals surface area contributed by atoms with Crippen molar-refractivity contribution < 1.29 is 13.2 Å². The molecule has 0 bridgehead atoms. The third-order valence-electron chi connectivity index (χ3n) is 3.65. The van der Waals surface area contributed by atoms with Crippen LogP contribution in [0.4, 0.5) is 11.5 Å². The first-order valence-corrected chi connectivity index (χ1v) is 9.77. The molecule has 0 saturated carbocycles. The Morgan fingerprint density at radius 1 is 1.28 bits per heavy atom. The smallest absolute Gasteiger partial charge is 0.265 e. The zero-order chi connectivity index (χ0) is 18.4. The molecule has 1 N–H and O–H groups in total. The van der Waals surface area contributed by atoms with Gasteiger partial charge in [0, 0.05) is 18.6 Å². The van der Waals surface area contributed by atoms with Gasteiger partial charge in [-0.05, 0) is 36.8 Å². The maximum atomic E-state index is 12.6. The lowest BCUT2D eigenvalue weighted by molar-refractivity contribution is 0.403. The minimum Gasteiger partial charge on any atom is -0.495 e. The van der Waals surface area contributed by atoms with E-state index in [0.717, 1.165) is 25.2 Å². The quantitative estimate of drug-likeness (QED) is 0.751. The van der Waals surface area contributed by atoms with Gasteiger partial charge in [0.1, 0.15) is 16.5 Å². The summed E-state index contributed by atoms with van der Waals surface area (Å²) in [5, 5.41) is 0.312. The van der Waals surface area contributed by atoms with E-state index in [2.05, 4.69) is 16.6 Å². The molecular formula is C17H22ClN3O3S. The van der Waals surface area contributed by atoms with Crippen LogP contribution in [0.2, 0.25) is 5.02 Å². The van der Waals surface area contributed by atoms with E-state index >= 15 is 0 Å². The Morgan fingerprint density at radius 3 is 2.64 bits per heavy atom. The van der Waals surface area contributed by atoms with Gasteiger partial charge in [0.15, 0.2) is 0 Å². The van der Waals surface area contributed by atoms with E-state index in [1.165, 1.54) is 25.4 Å². The van der Waals surface area contributed by atoms with Gasteiger partial charge in [0.25, 0.3) is 10.0 Å². The molecule has 0 spiro atoms. The summed E-state index contributed by atoms with van der Waals surface area (Å²) in [7, 11) is -0.474. The van der Waals surface area contributed by atoms with Crippen molar-refractivity contribution in [2.45, 2.75) is 24.7 Å². The van der Waals surface area contributed by atoms with Gasteiger partial charge in [-0.2, -0.15) is 0 Å². The first-order valence-electron chi connectivity index (χ1n) is 7.91. The van der Waals surface area contributed by atoms with Crippen LogP contribution in [0, 0.1) is 0 Å². The number of pyridine rings is 1. The Morgan fingerprint density at radius 2 is 2.04 bits per heavy atom. The fraction of sp³-hybridized carbons (Fsp3) is 0.353. The van der Waals surface area contributed by atoms with Crippen molar-refractivity contribution >= 4 is 33.1 Å². The Labute approximate surface area is 153 Å². The Balaban J connectivity index is 2.20. The van der Waals surface area contributed by atoms with Crippen molar-refractivity contribution in [1.29, 1.82) is 0 Å². The van der Waals surface area contributed by atoms with Crippen molar-refractivity contribution in [2.24, 2.45) is 0 Å². The van der Waals surface area contributed by atoms with Crippen LogP contribution in [0.5, 0.6) is 5.75 Å². The lowest BCUT2D eigenvalue weighted by Crippen LogP contribution is -2.19. The lowest BCUT2D eigenvalue weighted by atomic mass is 10.3. The molecule has 6 nitrogen and oxygen atoms in total. The third-order valence-corrected chi connectivity index (χ3v) is 5.29. The summed E-state index contributed by atoms with van der Waals surface area (Å²) < 4.78 is 32.8. The van der Waals surface area contributed by atoms with E-state index in [9.17, 15) is 8.42 Å². The van der Waals surface area contributed by atoms with Crippen molar-refractivity contribution in [3.63, 3.8) is 0 Å². The molecule has 1 aromatic heterocycles. The number of rotatable bonds is 8. The Kier molecular flexibility index (Phi) is 6.50. The highest BCUT2D eigenvalue weighted by atomic mass is 35.5. The molecule has 2 aromatic rings. The average Bonchev–Trinajstić information content (AvgIpc) is 2.60. The number of anilines is 2. The molecule has 1 heterocycles. The number of aromatic nitrogens is 1. The number of ether oxygens (including phenoxy) is 1. The van der Waals surface area contributed by atoms with E-state index in [1.54, 1.807) is 18.2 Å². The number of halogens is 1. The van der Waals surface area contributed by atoms with Crippen molar-refractivity contribution in [1.82, 2.24) is 4.98 Å². The molecule has 136 valence electrons. The van der Waals surface area contributed by atoms with Gasteiger partial charge in [-0.1, -0.05) is 24.9 Å². The molecular weight excluding hydrogens is 362 g/mol. The third kappa shape index (κ3) is 4.99. The second-order valence-electron chi connectivity index (χ2n) is 5.58. The molecule has 0 fully saturated rings. The summed E-state index contributed by atoms with van der Waals surface area (Å²) in [5.74, 6) is 1.01. The minimum atomic E-state index is -3.84. The fourth-order valence-electron chi connectivity index (χ4n) is 2.25. The fourth-order valence-corrected chi connectivity index (χ4v) is 3.73. The Hall–Kier alpha value is -1.99. The molecule has 0 atom stereocenters. The number of unbranched alkanes of at least 4 members (excludes halogenated alkanes) is 1. The average molecular weight is 384 g/mol. The van der Waals surface area contributed by atoms with Gasteiger partial charge < -0.3 is 9.64 Å². The molecule has 0 unspecified atom stereocenters. The zero-order valence-electron chi connectivity index (χ0n) is 14.5. The normalized spacial score (nSPS) is 11.2. The predicted octanol–water partition coefficient (Wildman–Crippen LogP) is 3.78. The number of nitrogens with one attached hydrogen (secondary N) is 1. The van der Waals surface area contributed by atoms with Crippen LogP contribution >= 0.6 is 11.6 Å². The van der Waals surface area contributed by atoms with E-state index in [1.807, 2.05) is 11.9 Å². The number of benzene rings is 1. The van der Waals surface area contributed by atoms with Crippen LogP contribution in [0.3, 0.4) is 0 Å². The van der Waals surface area contributed by atoms with E-state index < -0.39 is 10.0 Å². The Bertz CT molecular complexity index is 810. The van der Waals surface area contributed by atoms with Gasteiger partial charge >= 0.3 is 0 Å². The second kappa shape index (κ2) is 8.40. The van der Waals surface area contributed by atoms with Gasteiger partial charge in [-0.15, -0.1) is 0 Å². The van der Waals surface area contributed by atoms with Gasteiger partial charge in [0.05, 0.1) is 19.0 Å². The molecule has 0 amide bonds. The maximum Gasteiger partial charge on any atom is 0.265 e. The van der Waals surface area contributed by atoms with Crippen LogP contribution in [0.1, 0.15) is 19.8 Å². The summed E-state index contributed by atoms with van der Waals surface area (Å²) in [6, 6.07) is 7.90. The highest BCUT2D eigenvalue weighted by Crippen LogP contribution is 2.28. The summed E-state index contributed by atoms with van der Waals surface area (Å²) in [6.07, 6.45) is 3.66. The van der Waals surface area contributed by atoms with E-state index in [-0.39, 0.29) is 10.6 Å². The summed E-state index contributed by atoms with van der Waals surface area (Å²) >= 11 is 5.91. The van der Waals surface area contributed by atoms with Crippen LogP contribution in [0.25, 0.3) is 0 Å². The molecule has 0 saturated heterocycles. The molecule has 25 heavy (non-hydrogen) atoms. The molecule has 0 aliphatic rings. The van der Waals surface area contributed by atoms with Crippen LogP contribution < -0.4 is 14.4 Å². The lowest BCUT2D eigenvalue weighted by Gasteiger charge is -2.18. The summed E-state index contributed by atoms with van der Waals surface area (Å²) in [4.78, 5) is 6.32. The van der Waals surface area contributed by atoms with Crippen molar-refractivity contribution in [2.75, 3.05) is 30.3 Å². The number of hydrogen-bond acceptors (Lipinski definition) is 5. The molecule has 0 radical (unpaired) electrons. The van der Waals surface area contributed by atoms with Crippen LogP contribution in [-0.4, -0.2) is 34.1 Å². The highest BCUT2D eigenvalue weighted by Gasteiger charge is 2.20. The minimum absolute atomic E-state index is 0.0216. The topological polar surface area (TPSA) is 71.5 Å². The van der Waals surface area contributed by atoms with Crippen LogP contribution in [-0.2, 0) is 10.0 Å². The largest absolute Gasteiger partial charge is 0.495 e. The SMILES string of the molecule is CCCCN(C)c1ccc(NS(=O)(=O)c2cc(Cl)ccc2OC)cn1. The summed E-state index contributed by atoms with van der Waals surface area (Å²) in [6.45, 7) is 3.03. The predicted molar refractivity (Wildman–Crippen MR) is 101 cm³/mol.